The normalized spacial score (nSPS) is 15.8. The topological polar surface area (TPSA) is 72.9 Å². The number of nitrogens with zero attached hydrogens (tertiary/aromatic N) is 1. The van der Waals surface area contributed by atoms with Crippen molar-refractivity contribution in [3.8, 4) is 5.75 Å². The van der Waals surface area contributed by atoms with E-state index in [1.807, 2.05) is 48.5 Å². The molecule has 0 radical (unpaired) electrons. The van der Waals surface area contributed by atoms with Crippen LogP contribution in [0.4, 0.5) is 4.79 Å². The van der Waals surface area contributed by atoms with E-state index in [1.54, 1.807) is 13.0 Å². The summed E-state index contributed by atoms with van der Waals surface area (Å²) in [5.41, 5.74) is 1.72. The van der Waals surface area contributed by atoms with E-state index in [0.29, 0.717) is 17.9 Å². The van der Waals surface area contributed by atoms with Gasteiger partial charge in [0.15, 0.2) is 0 Å². The molecule has 3 aromatic rings. The van der Waals surface area contributed by atoms with Gasteiger partial charge in [-0.1, -0.05) is 60.7 Å². The summed E-state index contributed by atoms with van der Waals surface area (Å²) >= 11 is 0.801. The number of imide groups is 1. The van der Waals surface area contributed by atoms with Crippen molar-refractivity contribution in [1.82, 2.24) is 4.90 Å². The second-order valence-corrected chi connectivity index (χ2v) is 8.44. The number of thioether (sulfide) groups is 1. The minimum atomic E-state index is -0.985. The molecule has 1 saturated heterocycles. The lowest BCUT2D eigenvalue weighted by molar-refractivity contribution is -0.150. The first kappa shape index (κ1) is 22.6. The van der Waals surface area contributed by atoms with Crippen LogP contribution in [-0.2, 0) is 20.9 Å². The van der Waals surface area contributed by atoms with Crippen molar-refractivity contribution in [2.75, 3.05) is 6.61 Å². The Morgan fingerprint density at radius 1 is 1.03 bits per heavy atom. The van der Waals surface area contributed by atoms with E-state index >= 15 is 0 Å². The number of esters is 1. The predicted molar refractivity (Wildman–Crippen MR) is 129 cm³/mol. The highest BCUT2D eigenvalue weighted by Gasteiger charge is 2.41. The van der Waals surface area contributed by atoms with Gasteiger partial charge in [-0.3, -0.25) is 14.5 Å². The van der Waals surface area contributed by atoms with Crippen LogP contribution in [0.2, 0.25) is 0 Å². The second-order valence-electron chi connectivity index (χ2n) is 7.44. The first-order valence-corrected chi connectivity index (χ1v) is 11.4. The number of para-hydroxylation sites is 1. The Kier molecular flexibility index (Phi) is 6.79. The first-order chi connectivity index (χ1) is 16.0. The predicted octanol–water partition coefficient (Wildman–Crippen LogP) is 5.41. The molecule has 7 heteroatoms. The minimum Gasteiger partial charge on any atom is -0.488 e. The summed E-state index contributed by atoms with van der Waals surface area (Å²) in [4.78, 5) is 38.5. The van der Waals surface area contributed by atoms with Gasteiger partial charge in [0.05, 0.1) is 11.5 Å². The largest absolute Gasteiger partial charge is 0.488 e. The lowest BCUT2D eigenvalue weighted by atomic mass is 10.1. The molecule has 1 aliphatic rings. The van der Waals surface area contributed by atoms with Gasteiger partial charge in [0.2, 0.25) is 0 Å². The van der Waals surface area contributed by atoms with Crippen LogP contribution in [0.5, 0.6) is 5.75 Å². The Balaban J connectivity index is 1.56. The van der Waals surface area contributed by atoms with Crippen LogP contribution in [0, 0.1) is 0 Å². The summed E-state index contributed by atoms with van der Waals surface area (Å²) in [6, 6.07) is 20.5. The second kappa shape index (κ2) is 9.92. The maximum atomic E-state index is 12.9. The van der Waals surface area contributed by atoms with Gasteiger partial charge in [0.1, 0.15) is 18.4 Å². The molecule has 2 amide bonds. The molecule has 3 aromatic carbocycles. The third-order valence-corrected chi connectivity index (χ3v) is 6.19. The fourth-order valence-electron chi connectivity index (χ4n) is 3.63. The Labute approximate surface area is 196 Å². The number of rotatable bonds is 7. The van der Waals surface area contributed by atoms with Gasteiger partial charge in [-0.25, -0.2) is 4.79 Å². The summed E-state index contributed by atoms with van der Waals surface area (Å²) in [6.07, 6.45) is 1.63. The molecule has 0 unspecified atom stereocenters. The number of hydrogen-bond acceptors (Lipinski definition) is 6. The van der Waals surface area contributed by atoms with E-state index in [2.05, 4.69) is 18.2 Å². The highest BCUT2D eigenvalue weighted by Crippen LogP contribution is 2.35. The lowest BCUT2D eigenvalue weighted by Gasteiger charge is -2.19. The highest BCUT2D eigenvalue weighted by molar-refractivity contribution is 8.18. The van der Waals surface area contributed by atoms with Crippen molar-refractivity contribution < 1.29 is 23.9 Å². The number of benzene rings is 3. The number of ether oxygens (including phenoxy) is 2. The molecule has 168 valence electrons. The van der Waals surface area contributed by atoms with Crippen LogP contribution in [0.15, 0.2) is 71.6 Å². The van der Waals surface area contributed by atoms with Crippen molar-refractivity contribution >= 4 is 45.7 Å². The van der Waals surface area contributed by atoms with E-state index in [0.717, 1.165) is 33.0 Å². The van der Waals surface area contributed by atoms with E-state index in [1.165, 1.54) is 6.92 Å². The summed E-state index contributed by atoms with van der Waals surface area (Å²) in [7, 11) is 0. The molecule has 1 atom stereocenters. The van der Waals surface area contributed by atoms with Crippen molar-refractivity contribution in [2.24, 2.45) is 0 Å². The standard InChI is InChI=1S/C26H23NO5S/c1-3-31-25(29)17(2)27-24(28)23(33-26(27)30)15-19-10-5-7-14-22(19)32-16-20-12-8-11-18-9-4-6-13-21(18)20/h4-15,17H,3,16H2,1-2H3/b23-15+/t17-/m0/s1. The molecule has 4 rings (SSSR count). The molecule has 6 nitrogen and oxygen atoms in total. The SMILES string of the molecule is CCOC(=O)[C@H](C)N1C(=O)S/C(=C/c2ccccc2OCc2cccc3ccccc23)C1=O. The van der Waals surface area contributed by atoms with Crippen LogP contribution < -0.4 is 4.74 Å². The fourth-order valence-corrected chi connectivity index (χ4v) is 4.53. The quantitative estimate of drug-likeness (QED) is 0.346. The Bertz CT molecular complexity index is 1250. The van der Waals surface area contributed by atoms with Crippen LogP contribution >= 0.6 is 11.8 Å². The van der Waals surface area contributed by atoms with Gasteiger partial charge in [-0.2, -0.15) is 0 Å². The van der Waals surface area contributed by atoms with Crippen molar-refractivity contribution in [3.05, 3.63) is 82.8 Å². The third-order valence-electron chi connectivity index (χ3n) is 5.31. The molecule has 0 aliphatic carbocycles. The van der Waals surface area contributed by atoms with Crippen LogP contribution in [0.1, 0.15) is 25.0 Å². The molecular weight excluding hydrogens is 438 g/mol. The maximum Gasteiger partial charge on any atom is 0.329 e. The van der Waals surface area contributed by atoms with Crippen molar-refractivity contribution in [2.45, 2.75) is 26.5 Å². The van der Waals surface area contributed by atoms with Gasteiger partial charge in [0, 0.05) is 5.56 Å². The smallest absolute Gasteiger partial charge is 0.329 e. The Morgan fingerprint density at radius 3 is 2.58 bits per heavy atom. The molecule has 0 aromatic heterocycles. The van der Waals surface area contributed by atoms with Crippen molar-refractivity contribution in [1.29, 1.82) is 0 Å². The van der Waals surface area contributed by atoms with Gasteiger partial charge < -0.3 is 9.47 Å². The molecule has 0 spiro atoms. The fraction of sp³-hybridized carbons (Fsp3) is 0.192. The molecule has 1 heterocycles. The molecule has 33 heavy (non-hydrogen) atoms. The monoisotopic (exact) mass is 461 g/mol. The molecule has 0 bridgehead atoms. The summed E-state index contributed by atoms with van der Waals surface area (Å²) < 4.78 is 11.1. The summed E-state index contributed by atoms with van der Waals surface area (Å²) in [6.45, 7) is 3.69. The van der Waals surface area contributed by atoms with Gasteiger partial charge in [-0.15, -0.1) is 0 Å². The maximum absolute atomic E-state index is 12.9. The first-order valence-electron chi connectivity index (χ1n) is 10.6. The molecule has 0 N–H and O–H groups in total. The van der Waals surface area contributed by atoms with Crippen LogP contribution in [0.3, 0.4) is 0 Å². The number of carbonyl (C=O) groups is 3. The highest BCUT2D eigenvalue weighted by atomic mass is 32.2. The molecule has 1 fully saturated rings. The van der Waals surface area contributed by atoms with Gasteiger partial charge in [0.25, 0.3) is 11.1 Å². The lowest BCUT2D eigenvalue weighted by Crippen LogP contribution is -2.42. The summed E-state index contributed by atoms with van der Waals surface area (Å²) in [5, 5.41) is 1.75. The zero-order chi connectivity index (χ0) is 23.4. The van der Waals surface area contributed by atoms with E-state index < -0.39 is 23.2 Å². The number of fused-ring (bicyclic) bond motifs is 1. The molecular formula is C26H23NO5S. The summed E-state index contributed by atoms with van der Waals surface area (Å²) in [5.74, 6) is -0.537. The van der Waals surface area contributed by atoms with E-state index in [9.17, 15) is 14.4 Å². The molecule has 0 saturated carbocycles. The zero-order valence-electron chi connectivity index (χ0n) is 18.3. The zero-order valence-corrected chi connectivity index (χ0v) is 19.1. The average molecular weight is 462 g/mol. The van der Waals surface area contributed by atoms with Gasteiger partial charge >= 0.3 is 5.97 Å². The average Bonchev–Trinajstić information content (AvgIpc) is 3.10. The Hall–Kier alpha value is -3.58. The number of amides is 2. The molecule has 1 aliphatic heterocycles. The van der Waals surface area contributed by atoms with E-state index in [4.69, 9.17) is 9.47 Å². The third kappa shape index (κ3) is 4.78. The number of hydrogen-bond donors (Lipinski definition) is 0. The van der Waals surface area contributed by atoms with Crippen molar-refractivity contribution in [3.63, 3.8) is 0 Å². The van der Waals surface area contributed by atoms with Crippen LogP contribution in [0.25, 0.3) is 16.8 Å². The van der Waals surface area contributed by atoms with Crippen LogP contribution in [-0.4, -0.2) is 34.7 Å². The van der Waals surface area contributed by atoms with E-state index in [-0.39, 0.29) is 11.5 Å². The Morgan fingerprint density at radius 2 is 1.76 bits per heavy atom. The number of carbonyl (C=O) groups excluding carboxylic acids is 3. The minimum absolute atomic E-state index is 0.177. The van der Waals surface area contributed by atoms with Gasteiger partial charge in [-0.05, 0) is 54.1 Å².